The van der Waals surface area contributed by atoms with Gasteiger partial charge in [-0.3, -0.25) is 19.2 Å². The van der Waals surface area contributed by atoms with E-state index in [1.54, 1.807) is 0 Å². The first kappa shape index (κ1) is 16.8. The SMILES string of the molecule is O=C1C(=O)C2=C(N3C(=O)C4=C(CCCC4)C3=O)C(F)=C1C(F)(F)C2(F)F. The van der Waals surface area contributed by atoms with Crippen LogP contribution in [-0.2, 0) is 19.2 Å². The summed E-state index contributed by atoms with van der Waals surface area (Å²) in [5.74, 6) is -19.0. The number of nitrogens with zero attached hydrogens (tertiary/aromatic N) is 1. The highest BCUT2D eigenvalue weighted by Gasteiger charge is 2.74. The molecule has 5 rings (SSSR count). The van der Waals surface area contributed by atoms with Crippen LogP contribution in [0.2, 0.25) is 0 Å². The predicted molar refractivity (Wildman–Crippen MR) is 72.4 cm³/mol. The zero-order valence-electron chi connectivity index (χ0n) is 12.8. The Hall–Kier alpha value is -2.65. The van der Waals surface area contributed by atoms with Crippen LogP contribution in [-0.4, -0.2) is 40.1 Å². The summed E-state index contributed by atoms with van der Waals surface area (Å²) in [4.78, 5) is 48.3. The molecule has 0 atom stereocenters. The van der Waals surface area contributed by atoms with Gasteiger partial charge in [-0.1, -0.05) is 0 Å². The molecule has 2 amide bonds. The average Bonchev–Trinajstić information content (AvgIpc) is 2.81. The number of rotatable bonds is 1. The molecule has 0 spiro atoms. The van der Waals surface area contributed by atoms with Crippen LogP contribution in [0.3, 0.4) is 0 Å². The molecule has 2 bridgehead atoms. The maximum atomic E-state index is 14.6. The molecule has 4 aliphatic carbocycles. The molecule has 0 radical (unpaired) electrons. The molecular weight excluding hydrogens is 365 g/mol. The summed E-state index contributed by atoms with van der Waals surface area (Å²) >= 11 is 0. The highest BCUT2D eigenvalue weighted by atomic mass is 19.3. The Kier molecular flexibility index (Phi) is 3.06. The van der Waals surface area contributed by atoms with E-state index >= 15 is 0 Å². The normalized spacial score (nSPS) is 27.2. The smallest absolute Gasteiger partial charge is 0.285 e. The second-order valence-electron chi connectivity index (χ2n) is 6.33. The fraction of sp³-hybridized carbons (Fsp3) is 0.375. The molecule has 1 saturated carbocycles. The molecule has 136 valence electrons. The lowest BCUT2D eigenvalue weighted by molar-refractivity contribution is -0.182. The van der Waals surface area contributed by atoms with E-state index in [2.05, 4.69) is 0 Å². The molecular formula is C16H8F5NO4. The first-order valence-electron chi connectivity index (χ1n) is 7.64. The first-order valence-corrected chi connectivity index (χ1v) is 7.64. The van der Waals surface area contributed by atoms with Crippen molar-refractivity contribution in [2.24, 2.45) is 0 Å². The zero-order valence-corrected chi connectivity index (χ0v) is 12.8. The van der Waals surface area contributed by atoms with Crippen molar-refractivity contribution in [1.29, 1.82) is 0 Å². The molecule has 26 heavy (non-hydrogen) atoms. The minimum Gasteiger partial charge on any atom is -0.285 e. The summed E-state index contributed by atoms with van der Waals surface area (Å²) in [5.41, 5.74) is -6.03. The fourth-order valence-corrected chi connectivity index (χ4v) is 3.70. The lowest BCUT2D eigenvalue weighted by Crippen LogP contribution is -2.59. The number of hydrogen-bond donors (Lipinski definition) is 0. The number of imide groups is 1. The Labute approximate surface area is 141 Å². The number of allylic oxidation sites excluding steroid dienone is 3. The summed E-state index contributed by atoms with van der Waals surface area (Å²) < 4.78 is 70.6. The van der Waals surface area contributed by atoms with Gasteiger partial charge >= 0.3 is 11.8 Å². The molecule has 0 saturated heterocycles. The van der Waals surface area contributed by atoms with E-state index in [9.17, 15) is 41.1 Å². The van der Waals surface area contributed by atoms with Crippen molar-refractivity contribution in [2.45, 2.75) is 37.5 Å². The first-order chi connectivity index (χ1) is 12.0. The van der Waals surface area contributed by atoms with Crippen molar-refractivity contribution < 1.29 is 41.1 Å². The minimum absolute atomic E-state index is 0.00581. The van der Waals surface area contributed by atoms with Crippen molar-refractivity contribution in [1.82, 2.24) is 4.90 Å². The standard InChI is InChI=1S/C16H8F5NO4/c17-9-7-11(23)12(24)8(16(20,21)15(7,18)19)10(9)22-13(25)5-3-1-2-4-6(5)14(22)26/h1-4H2. The summed E-state index contributed by atoms with van der Waals surface area (Å²) in [6.45, 7) is 0. The Balaban J connectivity index is 1.96. The van der Waals surface area contributed by atoms with Crippen molar-refractivity contribution in [3.8, 4) is 0 Å². The number of amides is 2. The van der Waals surface area contributed by atoms with Gasteiger partial charge in [-0.15, -0.1) is 0 Å². The van der Waals surface area contributed by atoms with Crippen molar-refractivity contribution in [3.05, 3.63) is 33.8 Å². The Morgan fingerprint density at radius 1 is 0.731 bits per heavy atom. The summed E-state index contributed by atoms with van der Waals surface area (Å²) in [6, 6.07) is 0. The Morgan fingerprint density at radius 2 is 1.15 bits per heavy atom. The second kappa shape index (κ2) is 4.74. The van der Waals surface area contributed by atoms with Crippen molar-refractivity contribution in [2.75, 3.05) is 0 Å². The van der Waals surface area contributed by atoms with Crippen molar-refractivity contribution in [3.63, 3.8) is 0 Å². The molecule has 0 unspecified atom stereocenters. The molecule has 1 aliphatic heterocycles. The number of carbonyl (C=O) groups is 4. The van der Waals surface area contributed by atoms with Gasteiger partial charge in [0, 0.05) is 11.1 Å². The molecule has 1 fully saturated rings. The third-order valence-corrected chi connectivity index (χ3v) is 4.96. The number of Topliss-reactive ketones (excluding diaryl/α,β-unsaturated/α-hetero) is 2. The quantitative estimate of drug-likeness (QED) is 0.306. The van der Waals surface area contributed by atoms with Crippen LogP contribution in [0, 0.1) is 0 Å². The van der Waals surface area contributed by atoms with Gasteiger partial charge in [0.05, 0.1) is 0 Å². The number of halogens is 5. The second-order valence-corrected chi connectivity index (χ2v) is 6.33. The Bertz CT molecular complexity index is 912. The van der Waals surface area contributed by atoms with Gasteiger partial charge in [-0.05, 0) is 25.7 Å². The molecule has 1 heterocycles. The summed E-state index contributed by atoms with van der Waals surface area (Å²) in [7, 11) is 0. The fourth-order valence-electron chi connectivity index (χ4n) is 3.70. The molecule has 5 aliphatic rings. The third-order valence-electron chi connectivity index (χ3n) is 4.96. The molecule has 0 N–H and O–H groups in total. The van der Waals surface area contributed by atoms with Crippen molar-refractivity contribution >= 4 is 23.4 Å². The van der Waals surface area contributed by atoms with E-state index in [0.29, 0.717) is 12.8 Å². The topological polar surface area (TPSA) is 71.5 Å². The maximum Gasteiger partial charge on any atom is 0.346 e. The van der Waals surface area contributed by atoms with Crippen LogP contribution in [0.4, 0.5) is 22.0 Å². The van der Waals surface area contributed by atoms with Gasteiger partial charge in [-0.25, -0.2) is 9.29 Å². The van der Waals surface area contributed by atoms with E-state index in [0.717, 1.165) is 0 Å². The van der Waals surface area contributed by atoms with Gasteiger partial charge in [0.15, 0.2) is 5.83 Å². The van der Waals surface area contributed by atoms with Crippen LogP contribution in [0.15, 0.2) is 33.8 Å². The van der Waals surface area contributed by atoms with Gasteiger partial charge < -0.3 is 0 Å². The van der Waals surface area contributed by atoms with Crippen LogP contribution in [0.25, 0.3) is 0 Å². The Morgan fingerprint density at radius 3 is 1.65 bits per heavy atom. The predicted octanol–water partition coefficient (Wildman–Crippen LogP) is 2.14. The largest absolute Gasteiger partial charge is 0.346 e. The van der Waals surface area contributed by atoms with E-state index in [4.69, 9.17) is 0 Å². The van der Waals surface area contributed by atoms with Crippen LogP contribution in [0.5, 0.6) is 0 Å². The lowest BCUT2D eigenvalue weighted by atomic mass is 9.74. The average molecular weight is 373 g/mol. The minimum atomic E-state index is -5.25. The van der Waals surface area contributed by atoms with Crippen LogP contribution >= 0.6 is 0 Å². The molecule has 0 aromatic heterocycles. The molecule has 10 heteroatoms. The van der Waals surface area contributed by atoms with Crippen LogP contribution < -0.4 is 0 Å². The number of fused-ring (bicyclic) bond motifs is 3. The monoisotopic (exact) mass is 373 g/mol. The van der Waals surface area contributed by atoms with Crippen LogP contribution in [0.1, 0.15) is 25.7 Å². The maximum absolute atomic E-state index is 14.6. The highest BCUT2D eigenvalue weighted by molar-refractivity contribution is 6.52. The van der Waals surface area contributed by atoms with E-state index in [1.165, 1.54) is 0 Å². The molecule has 5 nitrogen and oxygen atoms in total. The zero-order chi connectivity index (χ0) is 19.2. The van der Waals surface area contributed by atoms with Gasteiger partial charge in [0.2, 0.25) is 11.6 Å². The van der Waals surface area contributed by atoms with Gasteiger partial charge in [0.1, 0.15) is 16.8 Å². The van der Waals surface area contributed by atoms with Gasteiger partial charge in [-0.2, -0.15) is 17.6 Å². The number of ketones is 2. The number of carbonyl (C=O) groups excluding carboxylic acids is 4. The van der Waals surface area contributed by atoms with Gasteiger partial charge in [0.25, 0.3) is 11.8 Å². The number of alkyl halides is 4. The van der Waals surface area contributed by atoms with E-state index in [-0.39, 0.29) is 28.9 Å². The van der Waals surface area contributed by atoms with E-state index < -0.39 is 57.9 Å². The summed E-state index contributed by atoms with van der Waals surface area (Å²) in [5, 5.41) is 0. The third kappa shape index (κ3) is 1.64. The highest BCUT2D eigenvalue weighted by Crippen LogP contribution is 2.57. The molecule has 0 aromatic rings. The number of hydrogen-bond acceptors (Lipinski definition) is 4. The van der Waals surface area contributed by atoms with E-state index in [1.807, 2.05) is 0 Å². The lowest BCUT2D eigenvalue weighted by Gasteiger charge is -2.39. The summed E-state index contributed by atoms with van der Waals surface area (Å²) in [6.07, 6.45) is 1.37. The molecule has 0 aromatic carbocycles.